The minimum atomic E-state index is 0.311. The first-order valence-electron chi connectivity index (χ1n) is 7.21. The SMILES string of the molecule is CCC(CCC(C)N)c1c(C)c(C)cc(C)c1C. The van der Waals surface area contributed by atoms with Gasteiger partial charge in [0.25, 0.3) is 0 Å². The number of hydrogen-bond donors (Lipinski definition) is 1. The van der Waals surface area contributed by atoms with E-state index in [1.54, 1.807) is 5.56 Å². The molecule has 2 unspecified atom stereocenters. The van der Waals surface area contributed by atoms with Crippen LogP contribution in [0.2, 0.25) is 0 Å². The van der Waals surface area contributed by atoms with E-state index in [0.29, 0.717) is 12.0 Å². The molecule has 0 spiro atoms. The molecule has 1 nitrogen and oxygen atoms in total. The van der Waals surface area contributed by atoms with Crippen molar-refractivity contribution in [2.75, 3.05) is 0 Å². The molecular weight excluding hydrogens is 218 g/mol. The molecule has 0 saturated heterocycles. The quantitative estimate of drug-likeness (QED) is 0.812. The maximum atomic E-state index is 5.91. The van der Waals surface area contributed by atoms with Crippen LogP contribution in [0, 0.1) is 27.7 Å². The van der Waals surface area contributed by atoms with E-state index >= 15 is 0 Å². The van der Waals surface area contributed by atoms with Crippen LogP contribution in [0.25, 0.3) is 0 Å². The molecule has 18 heavy (non-hydrogen) atoms. The molecule has 0 aliphatic rings. The average molecular weight is 247 g/mol. The second-order valence-corrected chi connectivity index (χ2v) is 5.83. The van der Waals surface area contributed by atoms with Crippen LogP contribution in [0.5, 0.6) is 0 Å². The van der Waals surface area contributed by atoms with Crippen molar-refractivity contribution < 1.29 is 0 Å². The standard InChI is InChI=1S/C17H29N/c1-7-16(9-8-13(4)18)17-14(5)11(2)10-12(3)15(17)6/h10,13,16H,7-9,18H2,1-6H3. The van der Waals surface area contributed by atoms with Gasteiger partial charge in [-0.05, 0) is 87.6 Å². The fourth-order valence-corrected chi connectivity index (χ4v) is 2.88. The summed E-state index contributed by atoms with van der Waals surface area (Å²) in [5.41, 5.74) is 13.3. The molecule has 0 saturated carbocycles. The predicted octanol–water partition coefficient (Wildman–Crippen LogP) is 4.54. The Hall–Kier alpha value is -0.820. The third kappa shape index (κ3) is 3.35. The summed E-state index contributed by atoms with van der Waals surface area (Å²) in [5.74, 6) is 0.662. The Bertz CT molecular complexity index is 378. The Labute approximate surface area is 113 Å². The summed E-state index contributed by atoms with van der Waals surface area (Å²) in [6.07, 6.45) is 3.53. The number of nitrogens with two attached hydrogens (primary N) is 1. The van der Waals surface area contributed by atoms with E-state index in [1.807, 2.05) is 0 Å². The van der Waals surface area contributed by atoms with Crippen LogP contribution in [0.3, 0.4) is 0 Å². The zero-order valence-electron chi connectivity index (χ0n) is 12.9. The number of hydrogen-bond acceptors (Lipinski definition) is 1. The summed E-state index contributed by atoms with van der Waals surface area (Å²) >= 11 is 0. The van der Waals surface area contributed by atoms with Crippen molar-refractivity contribution in [3.05, 3.63) is 33.9 Å². The van der Waals surface area contributed by atoms with Crippen LogP contribution < -0.4 is 5.73 Å². The first kappa shape index (κ1) is 15.2. The summed E-state index contributed by atoms with van der Waals surface area (Å²) in [7, 11) is 0. The van der Waals surface area contributed by atoms with Crippen LogP contribution in [0.15, 0.2) is 6.07 Å². The summed E-state index contributed by atoms with van der Waals surface area (Å²) < 4.78 is 0. The Morgan fingerprint density at radius 2 is 1.50 bits per heavy atom. The molecule has 2 N–H and O–H groups in total. The third-order valence-electron chi connectivity index (χ3n) is 4.30. The van der Waals surface area contributed by atoms with E-state index in [2.05, 4.69) is 47.6 Å². The van der Waals surface area contributed by atoms with Crippen molar-refractivity contribution >= 4 is 0 Å². The van der Waals surface area contributed by atoms with Gasteiger partial charge in [-0.1, -0.05) is 13.0 Å². The fourth-order valence-electron chi connectivity index (χ4n) is 2.88. The molecule has 0 aliphatic carbocycles. The minimum absolute atomic E-state index is 0.311. The first-order valence-corrected chi connectivity index (χ1v) is 7.21. The molecule has 1 heteroatoms. The lowest BCUT2D eigenvalue weighted by Gasteiger charge is -2.24. The van der Waals surface area contributed by atoms with E-state index < -0.39 is 0 Å². The highest BCUT2D eigenvalue weighted by Crippen LogP contribution is 2.33. The minimum Gasteiger partial charge on any atom is -0.328 e. The Morgan fingerprint density at radius 3 is 1.89 bits per heavy atom. The smallest absolute Gasteiger partial charge is 0.00106 e. The number of rotatable bonds is 5. The van der Waals surface area contributed by atoms with Crippen molar-refractivity contribution in [3.63, 3.8) is 0 Å². The van der Waals surface area contributed by atoms with Crippen molar-refractivity contribution in [2.45, 2.75) is 72.8 Å². The zero-order chi connectivity index (χ0) is 13.9. The molecule has 0 aliphatic heterocycles. The Kier molecular flexibility index (Phi) is 5.40. The normalized spacial score (nSPS) is 14.6. The molecule has 0 radical (unpaired) electrons. The van der Waals surface area contributed by atoms with Crippen LogP contribution in [-0.4, -0.2) is 6.04 Å². The molecule has 102 valence electrons. The van der Waals surface area contributed by atoms with Gasteiger partial charge in [-0.3, -0.25) is 0 Å². The fraction of sp³-hybridized carbons (Fsp3) is 0.647. The van der Waals surface area contributed by atoms with E-state index in [-0.39, 0.29) is 0 Å². The van der Waals surface area contributed by atoms with E-state index in [9.17, 15) is 0 Å². The van der Waals surface area contributed by atoms with Gasteiger partial charge in [-0.15, -0.1) is 0 Å². The lowest BCUT2D eigenvalue weighted by atomic mass is 9.82. The van der Waals surface area contributed by atoms with Crippen LogP contribution in [0.1, 0.15) is 66.8 Å². The van der Waals surface area contributed by atoms with Gasteiger partial charge in [0.2, 0.25) is 0 Å². The summed E-state index contributed by atoms with van der Waals surface area (Å²) in [5, 5.41) is 0. The molecule has 1 aromatic carbocycles. The topological polar surface area (TPSA) is 26.0 Å². The highest BCUT2D eigenvalue weighted by atomic mass is 14.6. The van der Waals surface area contributed by atoms with Gasteiger partial charge in [-0.2, -0.15) is 0 Å². The van der Waals surface area contributed by atoms with E-state index in [1.165, 1.54) is 35.1 Å². The predicted molar refractivity (Wildman–Crippen MR) is 81.3 cm³/mol. The van der Waals surface area contributed by atoms with Gasteiger partial charge in [0, 0.05) is 6.04 Å². The maximum Gasteiger partial charge on any atom is 0.00106 e. The second-order valence-electron chi connectivity index (χ2n) is 5.83. The zero-order valence-corrected chi connectivity index (χ0v) is 12.9. The van der Waals surface area contributed by atoms with Crippen molar-refractivity contribution in [1.29, 1.82) is 0 Å². The second kappa shape index (κ2) is 6.38. The summed E-state index contributed by atoms with van der Waals surface area (Å²) in [4.78, 5) is 0. The number of aryl methyl sites for hydroxylation is 2. The third-order valence-corrected chi connectivity index (χ3v) is 4.30. The molecule has 0 bridgehead atoms. The van der Waals surface area contributed by atoms with Gasteiger partial charge in [0.05, 0.1) is 0 Å². The maximum absolute atomic E-state index is 5.91. The molecule has 0 heterocycles. The monoisotopic (exact) mass is 247 g/mol. The molecular formula is C17H29N. The van der Waals surface area contributed by atoms with Gasteiger partial charge < -0.3 is 5.73 Å². The van der Waals surface area contributed by atoms with Gasteiger partial charge in [0.1, 0.15) is 0 Å². The van der Waals surface area contributed by atoms with E-state index in [0.717, 1.165) is 6.42 Å². The van der Waals surface area contributed by atoms with Gasteiger partial charge in [-0.25, -0.2) is 0 Å². The molecule has 0 amide bonds. The summed E-state index contributed by atoms with van der Waals surface area (Å²) in [6, 6.07) is 2.62. The lowest BCUT2D eigenvalue weighted by Crippen LogP contribution is -2.16. The largest absolute Gasteiger partial charge is 0.328 e. The van der Waals surface area contributed by atoms with Crippen molar-refractivity contribution in [2.24, 2.45) is 5.73 Å². The molecule has 1 aromatic rings. The van der Waals surface area contributed by atoms with Gasteiger partial charge in [0.15, 0.2) is 0 Å². The molecule has 0 aromatic heterocycles. The number of benzene rings is 1. The van der Waals surface area contributed by atoms with Crippen LogP contribution in [0.4, 0.5) is 0 Å². The molecule has 0 fully saturated rings. The van der Waals surface area contributed by atoms with Crippen LogP contribution in [-0.2, 0) is 0 Å². The Balaban J connectivity index is 3.12. The van der Waals surface area contributed by atoms with E-state index in [4.69, 9.17) is 5.73 Å². The molecule has 1 rings (SSSR count). The van der Waals surface area contributed by atoms with Gasteiger partial charge >= 0.3 is 0 Å². The summed E-state index contributed by atoms with van der Waals surface area (Å²) in [6.45, 7) is 13.4. The Morgan fingerprint density at radius 1 is 1.00 bits per heavy atom. The molecule has 2 atom stereocenters. The average Bonchev–Trinajstić information content (AvgIpc) is 2.30. The van der Waals surface area contributed by atoms with Crippen LogP contribution >= 0.6 is 0 Å². The highest BCUT2D eigenvalue weighted by molar-refractivity contribution is 5.45. The highest BCUT2D eigenvalue weighted by Gasteiger charge is 2.17. The lowest BCUT2D eigenvalue weighted by molar-refractivity contribution is 0.528. The van der Waals surface area contributed by atoms with Crippen molar-refractivity contribution in [3.8, 4) is 0 Å². The van der Waals surface area contributed by atoms with Crippen molar-refractivity contribution in [1.82, 2.24) is 0 Å². The first-order chi connectivity index (χ1) is 8.38.